The van der Waals surface area contributed by atoms with E-state index < -0.39 is 4.92 Å². The normalized spacial score (nSPS) is 11.0. The second-order valence-corrected chi connectivity index (χ2v) is 8.20. The molecule has 0 aliphatic rings. The van der Waals surface area contributed by atoms with Crippen LogP contribution in [-0.2, 0) is 4.79 Å². The number of aromatic nitrogens is 1. The first-order valence-electron chi connectivity index (χ1n) is 10.5. The zero-order valence-electron chi connectivity index (χ0n) is 18.3. The zero-order chi connectivity index (χ0) is 23.9. The molecule has 0 radical (unpaired) electrons. The van der Waals surface area contributed by atoms with Crippen LogP contribution in [0.1, 0.15) is 17.5 Å². The minimum atomic E-state index is -0.432. The molecule has 0 spiro atoms. The van der Waals surface area contributed by atoms with Gasteiger partial charge in [-0.1, -0.05) is 30.3 Å². The van der Waals surface area contributed by atoms with Crippen molar-refractivity contribution >= 4 is 51.0 Å². The molecule has 34 heavy (non-hydrogen) atoms. The van der Waals surface area contributed by atoms with E-state index in [-0.39, 0.29) is 18.2 Å². The van der Waals surface area contributed by atoms with Gasteiger partial charge in [0.25, 0.3) is 11.6 Å². The van der Waals surface area contributed by atoms with Crippen LogP contribution in [0.3, 0.4) is 0 Å². The number of nitro benzene ring substituents is 1. The van der Waals surface area contributed by atoms with Gasteiger partial charge in [-0.2, -0.15) is 0 Å². The number of rotatable bonds is 9. The van der Waals surface area contributed by atoms with Crippen molar-refractivity contribution in [2.24, 2.45) is 0 Å². The Bertz CT molecular complexity index is 1350. The standard InChI is InChI=1S/C25H21N3O5S/c1-2-32-22-14-17(8-11-21(22)33-16-24(29)26-18-6-4-3-5-7-18)9-13-25-27-20-15-19(28(30)31)10-12-23(20)34-25/h3-15H,2,16H2,1H3,(H,26,29)/b13-9+. The van der Waals surface area contributed by atoms with Crippen molar-refractivity contribution in [1.29, 1.82) is 0 Å². The van der Waals surface area contributed by atoms with Gasteiger partial charge in [0.15, 0.2) is 18.1 Å². The lowest BCUT2D eigenvalue weighted by Crippen LogP contribution is -2.20. The second kappa shape index (κ2) is 10.6. The van der Waals surface area contributed by atoms with Crippen molar-refractivity contribution in [2.75, 3.05) is 18.5 Å². The molecule has 1 aromatic heterocycles. The van der Waals surface area contributed by atoms with Gasteiger partial charge in [-0.05, 0) is 48.9 Å². The van der Waals surface area contributed by atoms with Crippen molar-refractivity contribution in [3.05, 3.63) is 87.4 Å². The first kappa shape index (κ1) is 22.9. The topological polar surface area (TPSA) is 104 Å². The third-order valence-electron chi connectivity index (χ3n) is 4.70. The molecule has 8 nitrogen and oxygen atoms in total. The predicted octanol–water partition coefficient (Wildman–Crippen LogP) is 5.79. The predicted molar refractivity (Wildman–Crippen MR) is 133 cm³/mol. The number of para-hydroxylation sites is 1. The van der Waals surface area contributed by atoms with Crippen LogP contribution in [0, 0.1) is 10.1 Å². The van der Waals surface area contributed by atoms with E-state index in [1.54, 1.807) is 24.3 Å². The smallest absolute Gasteiger partial charge is 0.271 e. The number of hydrogen-bond acceptors (Lipinski definition) is 7. The van der Waals surface area contributed by atoms with E-state index >= 15 is 0 Å². The Labute approximate surface area is 199 Å². The summed E-state index contributed by atoms with van der Waals surface area (Å²) in [6, 6.07) is 19.2. The van der Waals surface area contributed by atoms with Crippen LogP contribution < -0.4 is 14.8 Å². The van der Waals surface area contributed by atoms with Gasteiger partial charge in [0.05, 0.1) is 21.7 Å². The fourth-order valence-electron chi connectivity index (χ4n) is 3.16. The lowest BCUT2D eigenvalue weighted by molar-refractivity contribution is -0.384. The number of ether oxygens (including phenoxy) is 2. The molecule has 172 valence electrons. The van der Waals surface area contributed by atoms with Crippen molar-refractivity contribution in [1.82, 2.24) is 4.98 Å². The molecular formula is C25H21N3O5S. The van der Waals surface area contributed by atoms with Crippen LogP contribution in [0.15, 0.2) is 66.7 Å². The van der Waals surface area contributed by atoms with E-state index in [0.717, 1.165) is 15.3 Å². The Balaban J connectivity index is 1.45. The molecule has 9 heteroatoms. The number of amides is 1. The molecule has 4 aromatic rings. The number of carbonyl (C=O) groups is 1. The maximum atomic E-state index is 12.2. The Hall–Kier alpha value is -4.24. The number of anilines is 1. The summed E-state index contributed by atoms with van der Waals surface area (Å²) in [4.78, 5) is 27.2. The quantitative estimate of drug-likeness (QED) is 0.243. The van der Waals surface area contributed by atoms with Crippen LogP contribution >= 0.6 is 11.3 Å². The Morgan fingerprint density at radius 2 is 1.88 bits per heavy atom. The number of thiazole rings is 1. The van der Waals surface area contributed by atoms with Gasteiger partial charge in [-0.25, -0.2) is 4.98 Å². The van der Waals surface area contributed by atoms with Gasteiger partial charge in [0, 0.05) is 17.8 Å². The lowest BCUT2D eigenvalue weighted by atomic mass is 10.2. The zero-order valence-corrected chi connectivity index (χ0v) is 19.1. The minimum absolute atomic E-state index is 0.0164. The molecule has 0 atom stereocenters. The van der Waals surface area contributed by atoms with Gasteiger partial charge in [-0.15, -0.1) is 11.3 Å². The van der Waals surface area contributed by atoms with E-state index in [4.69, 9.17) is 9.47 Å². The second-order valence-electron chi connectivity index (χ2n) is 7.14. The Morgan fingerprint density at radius 1 is 1.06 bits per heavy atom. The van der Waals surface area contributed by atoms with Gasteiger partial charge in [0.2, 0.25) is 0 Å². The largest absolute Gasteiger partial charge is 0.490 e. The van der Waals surface area contributed by atoms with Crippen molar-refractivity contribution in [2.45, 2.75) is 6.92 Å². The molecule has 3 aromatic carbocycles. The number of nitrogens with one attached hydrogen (secondary N) is 1. The highest BCUT2D eigenvalue weighted by Crippen LogP contribution is 2.30. The van der Waals surface area contributed by atoms with Crippen molar-refractivity contribution in [3.63, 3.8) is 0 Å². The molecule has 0 saturated heterocycles. The number of nitro groups is 1. The summed E-state index contributed by atoms with van der Waals surface area (Å²) in [5, 5.41) is 14.5. The molecule has 0 unspecified atom stereocenters. The SMILES string of the molecule is CCOc1cc(/C=C/c2nc3cc([N+](=O)[O-])ccc3s2)ccc1OCC(=O)Nc1ccccc1. The average molecular weight is 476 g/mol. The number of nitrogens with zero attached hydrogens (tertiary/aromatic N) is 2. The summed E-state index contributed by atoms with van der Waals surface area (Å²) in [5.41, 5.74) is 2.16. The molecule has 1 N–H and O–H groups in total. The summed E-state index contributed by atoms with van der Waals surface area (Å²) in [5.74, 6) is 0.722. The highest BCUT2D eigenvalue weighted by atomic mass is 32.1. The lowest BCUT2D eigenvalue weighted by Gasteiger charge is -2.12. The fraction of sp³-hybridized carbons (Fsp3) is 0.120. The summed E-state index contributed by atoms with van der Waals surface area (Å²) in [6.45, 7) is 2.16. The van der Waals surface area contributed by atoms with E-state index in [0.29, 0.717) is 29.3 Å². The number of fused-ring (bicyclic) bond motifs is 1. The van der Waals surface area contributed by atoms with E-state index in [2.05, 4.69) is 10.3 Å². The number of non-ortho nitro benzene ring substituents is 1. The first-order chi connectivity index (χ1) is 16.5. The van der Waals surface area contributed by atoms with Gasteiger partial charge in [0.1, 0.15) is 5.01 Å². The summed E-state index contributed by atoms with van der Waals surface area (Å²) >= 11 is 1.45. The van der Waals surface area contributed by atoms with E-state index in [9.17, 15) is 14.9 Å². The molecule has 1 heterocycles. The molecule has 0 saturated carbocycles. The van der Waals surface area contributed by atoms with E-state index in [1.165, 1.54) is 23.5 Å². The maximum Gasteiger partial charge on any atom is 0.271 e. The monoisotopic (exact) mass is 475 g/mol. The number of carbonyl (C=O) groups excluding carboxylic acids is 1. The summed E-state index contributed by atoms with van der Waals surface area (Å²) in [6.07, 6.45) is 3.72. The molecule has 0 bridgehead atoms. The van der Waals surface area contributed by atoms with Crippen LogP contribution in [0.4, 0.5) is 11.4 Å². The number of benzene rings is 3. The summed E-state index contributed by atoms with van der Waals surface area (Å²) < 4.78 is 12.3. The van der Waals surface area contributed by atoms with Gasteiger partial charge < -0.3 is 14.8 Å². The third-order valence-corrected chi connectivity index (χ3v) is 5.70. The molecule has 0 aliphatic heterocycles. The van der Waals surface area contributed by atoms with Crippen molar-refractivity contribution < 1.29 is 19.2 Å². The van der Waals surface area contributed by atoms with Crippen LogP contribution in [-0.4, -0.2) is 29.0 Å². The molecule has 0 aliphatic carbocycles. The Morgan fingerprint density at radius 3 is 2.65 bits per heavy atom. The molecule has 0 fully saturated rings. The first-order valence-corrected chi connectivity index (χ1v) is 11.3. The maximum absolute atomic E-state index is 12.2. The Kier molecular flexibility index (Phi) is 7.14. The molecule has 1 amide bonds. The molecular weight excluding hydrogens is 454 g/mol. The average Bonchev–Trinajstić information content (AvgIpc) is 3.25. The minimum Gasteiger partial charge on any atom is -0.490 e. The van der Waals surface area contributed by atoms with Crippen LogP contribution in [0.5, 0.6) is 11.5 Å². The number of hydrogen-bond donors (Lipinski definition) is 1. The molecule has 4 rings (SSSR count). The third kappa shape index (κ3) is 5.76. The van der Waals surface area contributed by atoms with Gasteiger partial charge >= 0.3 is 0 Å². The van der Waals surface area contributed by atoms with Crippen LogP contribution in [0.25, 0.3) is 22.4 Å². The van der Waals surface area contributed by atoms with Crippen molar-refractivity contribution in [3.8, 4) is 11.5 Å². The van der Waals surface area contributed by atoms with Crippen LogP contribution in [0.2, 0.25) is 0 Å². The summed E-state index contributed by atoms with van der Waals surface area (Å²) in [7, 11) is 0. The van der Waals surface area contributed by atoms with E-state index in [1.807, 2.05) is 49.4 Å². The van der Waals surface area contributed by atoms with Gasteiger partial charge in [-0.3, -0.25) is 14.9 Å². The fourth-order valence-corrected chi connectivity index (χ4v) is 4.01. The highest BCUT2D eigenvalue weighted by molar-refractivity contribution is 7.19. The highest BCUT2D eigenvalue weighted by Gasteiger charge is 2.11.